The van der Waals surface area contributed by atoms with Gasteiger partial charge in [0.05, 0.1) is 13.5 Å². The number of amides is 1. The van der Waals surface area contributed by atoms with Gasteiger partial charge in [0.15, 0.2) is 0 Å². The first kappa shape index (κ1) is 23.8. The Labute approximate surface area is 191 Å². The van der Waals surface area contributed by atoms with Gasteiger partial charge in [-0.1, -0.05) is 37.3 Å². The van der Waals surface area contributed by atoms with Gasteiger partial charge in [0.2, 0.25) is 5.91 Å². The highest BCUT2D eigenvalue weighted by Crippen LogP contribution is 2.33. The minimum Gasteiger partial charge on any atom is -0.469 e. The van der Waals surface area contributed by atoms with Crippen LogP contribution in [0.3, 0.4) is 0 Å². The summed E-state index contributed by atoms with van der Waals surface area (Å²) >= 11 is 0. The first-order chi connectivity index (χ1) is 15.4. The fraction of sp³-hybridized carbons (Fsp3) is 0.462. The predicted molar refractivity (Wildman–Crippen MR) is 129 cm³/mol. The molecule has 0 aromatic heterocycles. The number of anilines is 2. The van der Waals surface area contributed by atoms with Gasteiger partial charge in [0.1, 0.15) is 0 Å². The van der Waals surface area contributed by atoms with Crippen molar-refractivity contribution in [2.24, 2.45) is 0 Å². The maximum absolute atomic E-state index is 12.1. The van der Waals surface area contributed by atoms with Crippen molar-refractivity contribution < 1.29 is 14.3 Å². The Morgan fingerprint density at radius 2 is 1.66 bits per heavy atom. The second kappa shape index (κ2) is 11.1. The largest absolute Gasteiger partial charge is 0.469 e. The lowest BCUT2D eigenvalue weighted by molar-refractivity contribution is -0.142. The van der Waals surface area contributed by atoms with Gasteiger partial charge in [-0.25, -0.2) is 0 Å². The summed E-state index contributed by atoms with van der Waals surface area (Å²) < 4.78 is 4.97. The molecule has 1 atom stereocenters. The molecule has 0 bridgehead atoms. The normalized spacial score (nSPS) is 16.3. The average molecular weight is 438 g/mol. The molecule has 32 heavy (non-hydrogen) atoms. The predicted octanol–water partition coefficient (Wildman–Crippen LogP) is 4.07. The number of carbonyl (C=O) groups is 2. The van der Waals surface area contributed by atoms with Crippen molar-refractivity contribution in [3.05, 3.63) is 60.2 Å². The first-order valence-electron chi connectivity index (χ1n) is 11.4. The van der Waals surface area contributed by atoms with Gasteiger partial charge in [-0.2, -0.15) is 0 Å². The molecule has 3 rings (SSSR count). The molecule has 0 spiro atoms. The summed E-state index contributed by atoms with van der Waals surface area (Å²) in [5, 5.41) is 2.81. The van der Waals surface area contributed by atoms with E-state index in [0.29, 0.717) is 6.42 Å². The van der Waals surface area contributed by atoms with E-state index in [-0.39, 0.29) is 17.3 Å². The number of rotatable bonds is 9. The monoisotopic (exact) mass is 437 g/mol. The van der Waals surface area contributed by atoms with Crippen LogP contribution in [0.1, 0.15) is 38.7 Å². The number of esters is 1. The molecule has 1 fully saturated rings. The van der Waals surface area contributed by atoms with Gasteiger partial charge in [-0.05, 0) is 49.2 Å². The maximum atomic E-state index is 12.1. The van der Waals surface area contributed by atoms with Gasteiger partial charge in [-0.3, -0.25) is 14.5 Å². The number of ether oxygens (including phenoxy) is 1. The molecule has 1 amide bonds. The lowest BCUT2D eigenvalue weighted by Gasteiger charge is -2.37. The number of piperazine rings is 1. The van der Waals surface area contributed by atoms with Crippen LogP contribution in [0, 0.1) is 0 Å². The zero-order valence-corrected chi connectivity index (χ0v) is 19.5. The summed E-state index contributed by atoms with van der Waals surface area (Å²) in [5.41, 5.74) is 2.99. The molecule has 0 saturated carbocycles. The highest BCUT2D eigenvalue weighted by molar-refractivity contribution is 5.88. The van der Waals surface area contributed by atoms with Crippen LogP contribution in [0.2, 0.25) is 0 Å². The van der Waals surface area contributed by atoms with Gasteiger partial charge in [0, 0.05) is 49.9 Å². The van der Waals surface area contributed by atoms with Crippen molar-refractivity contribution in [3.8, 4) is 0 Å². The Kier molecular flexibility index (Phi) is 8.28. The summed E-state index contributed by atoms with van der Waals surface area (Å²) in [4.78, 5) is 28.1. The van der Waals surface area contributed by atoms with E-state index in [1.807, 2.05) is 30.3 Å². The van der Waals surface area contributed by atoms with Crippen LogP contribution in [0.4, 0.5) is 11.4 Å². The van der Waals surface area contributed by atoms with Crippen LogP contribution in [0.15, 0.2) is 54.6 Å². The molecule has 1 N–H and O–H groups in total. The quantitative estimate of drug-likeness (QED) is 0.599. The van der Waals surface area contributed by atoms with E-state index in [1.54, 1.807) is 0 Å². The fourth-order valence-electron chi connectivity index (χ4n) is 4.45. The molecule has 1 aliphatic rings. The Bertz CT molecular complexity index is 877. The summed E-state index contributed by atoms with van der Waals surface area (Å²) in [6.45, 7) is 8.72. The average Bonchev–Trinajstić information content (AvgIpc) is 2.80. The summed E-state index contributed by atoms with van der Waals surface area (Å²) in [7, 11) is 1.46. The number of hydrogen-bond donors (Lipinski definition) is 1. The second-order valence-electron chi connectivity index (χ2n) is 8.84. The van der Waals surface area contributed by atoms with Crippen molar-refractivity contribution in [1.82, 2.24) is 4.90 Å². The molecule has 1 saturated heterocycles. The fourth-order valence-corrected chi connectivity index (χ4v) is 4.45. The van der Waals surface area contributed by atoms with Gasteiger partial charge in [0.25, 0.3) is 0 Å². The number of nitrogens with one attached hydrogen (secondary N) is 1. The standard InChI is InChI=1S/C26H35N3O3/c1-21(30)27-23-10-12-24(13-11-23)29-18-16-28(17-19-29)15-7-14-26(2,20-25(31)32-3)22-8-5-4-6-9-22/h4-6,8-13H,7,14-20H2,1-3H3,(H,27,30). The summed E-state index contributed by atoms with van der Waals surface area (Å²) in [6.07, 6.45) is 2.38. The van der Waals surface area contributed by atoms with Crippen LogP contribution < -0.4 is 10.2 Å². The van der Waals surface area contributed by atoms with Gasteiger partial charge >= 0.3 is 5.97 Å². The van der Waals surface area contributed by atoms with E-state index in [1.165, 1.54) is 25.3 Å². The van der Waals surface area contributed by atoms with Crippen molar-refractivity contribution >= 4 is 23.3 Å². The topological polar surface area (TPSA) is 61.9 Å². The Morgan fingerprint density at radius 1 is 1.00 bits per heavy atom. The zero-order valence-electron chi connectivity index (χ0n) is 19.5. The van der Waals surface area contributed by atoms with Gasteiger partial charge < -0.3 is 15.0 Å². The van der Waals surface area contributed by atoms with E-state index in [4.69, 9.17) is 4.74 Å². The number of benzene rings is 2. The molecule has 172 valence electrons. The molecule has 1 aliphatic heterocycles. The van der Waals surface area contributed by atoms with Crippen molar-refractivity contribution in [1.29, 1.82) is 0 Å². The number of methoxy groups -OCH3 is 1. The highest BCUT2D eigenvalue weighted by atomic mass is 16.5. The van der Waals surface area contributed by atoms with E-state index in [0.717, 1.165) is 51.3 Å². The van der Waals surface area contributed by atoms with Crippen LogP contribution in [-0.4, -0.2) is 56.6 Å². The Morgan fingerprint density at radius 3 is 2.25 bits per heavy atom. The molecule has 0 radical (unpaired) electrons. The minimum atomic E-state index is -0.216. The first-order valence-corrected chi connectivity index (χ1v) is 11.4. The molecule has 6 nitrogen and oxygen atoms in total. The third kappa shape index (κ3) is 6.57. The smallest absolute Gasteiger partial charge is 0.306 e. The van der Waals surface area contributed by atoms with Crippen LogP contribution in [0.5, 0.6) is 0 Å². The lowest BCUT2D eigenvalue weighted by Crippen LogP contribution is -2.46. The number of nitrogens with zero attached hydrogens (tertiary/aromatic N) is 2. The van der Waals surface area contributed by atoms with E-state index in [2.05, 4.69) is 46.3 Å². The molecule has 1 unspecified atom stereocenters. The third-order valence-corrected chi connectivity index (χ3v) is 6.36. The van der Waals surface area contributed by atoms with Crippen LogP contribution in [-0.2, 0) is 19.7 Å². The van der Waals surface area contributed by atoms with E-state index >= 15 is 0 Å². The number of hydrogen-bond acceptors (Lipinski definition) is 5. The van der Waals surface area contributed by atoms with Gasteiger partial charge in [-0.15, -0.1) is 0 Å². The highest BCUT2D eigenvalue weighted by Gasteiger charge is 2.30. The van der Waals surface area contributed by atoms with E-state index < -0.39 is 0 Å². The van der Waals surface area contributed by atoms with Crippen LogP contribution >= 0.6 is 0 Å². The Balaban J connectivity index is 1.49. The second-order valence-corrected chi connectivity index (χ2v) is 8.84. The molecule has 6 heteroatoms. The number of carbonyl (C=O) groups excluding carboxylic acids is 2. The lowest BCUT2D eigenvalue weighted by atomic mass is 9.76. The van der Waals surface area contributed by atoms with Crippen molar-refractivity contribution in [3.63, 3.8) is 0 Å². The van der Waals surface area contributed by atoms with Crippen molar-refractivity contribution in [2.45, 2.75) is 38.5 Å². The minimum absolute atomic E-state index is 0.0543. The third-order valence-electron chi connectivity index (χ3n) is 6.36. The van der Waals surface area contributed by atoms with Crippen molar-refractivity contribution in [2.75, 3.05) is 50.1 Å². The Hall–Kier alpha value is -2.86. The molecule has 1 heterocycles. The van der Waals surface area contributed by atoms with Crippen LogP contribution in [0.25, 0.3) is 0 Å². The summed E-state index contributed by atoms with van der Waals surface area (Å²) in [6, 6.07) is 18.3. The maximum Gasteiger partial charge on any atom is 0.306 e. The summed E-state index contributed by atoms with van der Waals surface area (Å²) in [5.74, 6) is -0.212. The molecule has 2 aromatic rings. The molecular formula is C26H35N3O3. The zero-order chi connectivity index (χ0) is 23.0. The molecular weight excluding hydrogens is 402 g/mol. The molecule has 0 aliphatic carbocycles. The SMILES string of the molecule is COC(=O)CC(C)(CCCN1CCN(c2ccc(NC(C)=O)cc2)CC1)c1ccccc1. The molecule has 2 aromatic carbocycles. The van der Waals surface area contributed by atoms with E-state index in [9.17, 15) is 9.59 Å².